The van der Waals surface area contributed by atoms with Gasteiger partial charge in [0, 0.05) is 35.1 Å². The van der Waals surface area contributed by atoms with Crippen molar-refractivity contribution < 1.29 is 9.59 Å². The van der Waals surface area contributed by atoms with Gasteiger partial charge in [-0.25, -0.2) is 0 Å². The predicted octanol–water partition coefficient (Wildman–Crippen LogP) is 5.61. The van der Waals surface area contributed by atoms with E-state index in [9.17, 15) is 14.4 Å². The fourth-order valence-corrected chi connectivity index (χ4v) is 4.33. The second-order valence-corrected chi connectivity index (χ2v) is 8.69. The van der Waals surface area contributed by atoms with Crippen molar-refractivity contribution in [3.63, 3.8) is 0 Å². The largest absolute Gasteiger partial charge is 0.289 e. The topological polar surface area (TPSA) is 51.2 Å². The Hall–Kier alpha value is -2.63. The van der Waals surface area contributed by atoms with Crippen LogP contribution in [0.1, 0.15) is 43.0 Å². The molecule has 0 saturated heterocycles. The molecule has 0 aliphatic heterocycles. The summed E-state index contributed by atoms with van der Waals surface area (Å²) in [6, 6.07) is 22.4. The van der Waals surface area contributed by atoms with Gasteiger partial charge in [-0.1, -0.05) is 60.7 Å². The monoisotopic (exact) mass is 522 g/mol. The van der Waals surface area contributed by atoms with E-state index >= 15 is 0 Å². The fraction of sp³-hybridized carbons (Fsp3) is 0.0800. The van der Waals surface area contributed by atoms with Gasteiger partial charge in [0.15, 0.2) is 5.43 Å². The fourth-order valence-electron chi connectivity index (χ4n) is 3.55. The van der Waals surface area contributed by atoms with Crippen LogP contribution in [0.5, 0.6) is 0 Å². The molecule has 0 spiro atoms. The van der Waals surface area contributed by atoms with Crippen molar-refractivity contribution in [2.75, 3.05) is 0 Å². The average Bonchev–Trinajstić information content (AvgIpc) is 2.90. The molecule has 0 heterocycles. The van der Waals surface area contributed by atoms with Crippen LogP contribution in [0.2, 0.25) is 0 Å². The van der Waals surface area contributed by atoms with Gasteiger partial charge in [0.1, 0.15) is 0 Å². The number of ketones is 2. The van der Waals surface area contributed by atoms with Crippen molar-refractivity contribution in [3.8, 4) is 0 Å². The minimum atomic E-state index is -0.313. The first-order valence-electron chi connectivity index (χ1n) is 9.38. The SMILES string of the molecule is O=C1C(Br)=C(Br)C(=O)c2cc(Cc3ccccc3)c(=O)c(Cc3ccccc3)cc21. The minimum absolute atomic E-state index is 0.148. The van der Waals surface area contributed by atoms with E-state index in [0.29, 0.717) is 24.0 Å². The van der Waals surface area contributed by atoms with Crippen molar-refractivity contribution in [3.05, 3.63) is 125 Å². The molecule has 148 valence electrons. The number of benzene rings is 2. The lowest BCUT2D eigenvalue weighted by molar-refractivity contribution is 0.0989. The van der Waals surface area contributed by atoms with E-state index in [4.69, 9.17) is 0 Å². The van der Waals surface area contributed by atoms with Crippen LogP contribution in [0.15, 0.2) is 86.6 Å². The molecule has 0 saturated carbocycles. The summed E-state index contributed by atoms with van der Waals surface area (Å²) in [6.07, 6.45) is 0.763. The van der Waals surface area contributed by atoms with Gasteiger partial charge in [-0.2, -0.15) is 0 Å². The molecular weight excluding hydrogens is 508 g/mol. The molecule has 1 aliphatic rings. The molecule has 0 aromatic heterocycles. The molecule has 0 atom stereocenters. The van der Waals surface area contributed by atoms with E-state index in [0.717, 1.165) is 11.1 Å². The quantitative estimate of drug-likeness (QED) is 0.446. The van der Waals surface area contributed by atoms with Crippen LogP contribution in [0.3, 0.4) is 0 Å². The lowest BCUT2D eigenvalue weighted by Crippen LogP contribution is -2.16. The first kappa shape index (κ1) is 20.6. The molecule has 3 aromatic carbocycles. The standard InChI is InChI=1S/C25H16Br2O3/c26-21-22(27)25(30)20-14-18(12-16-9-5-2-6-10-16)23(28)17(13-19(20)24(21)29)11-15-7-3-1-4-8-15/h1-10,13-14H,11-12H2. The Bertz CT molecular complexity index is 1150. The molecule has 0 radical (unpaired) electrons. The summed E-state index contributed by atoms with van der Waals surface area (Å²) < 4.78 is 0.350. The van der Waals surface area contributed by atoms with Crippen LogP contribution in [-0.4, -0.2) is 11.6 Å². The minimum Gasteiger partial charge on any atom is -0.289 e. The number of carbonyl (C=O) groups is 2. The Morgan fingerprint density at radius 1 is 0.567 bits per heavy atom. The maximum atomic E-state index is 13.5. The van der Waals surface area contributed by atoms with Gasteiger partial charge in [-0.3, -0.25) is 14.4 Å². The van der Waals surface area contributed by atoms with Crippen molar-refractivity contribution in [2.45, 2.75) is 12.8 Å². The molecule has 30 heavy (non-hydrogen) atoms. The molecule has 1 aliphatic carbocycles. The van der Waals surface area contributed by atoms with Crippen molar-refractivity contribution in [1.82, 2.24) is 0 Å². The van der Waals surface area contributed by atoms with E-state index in [1.165, 1.54) is 0 Å². The maximum Gasteiger partial charge on any atom is 0.202 e. The Labute approximate surface area is 190 Å². The van der Waals surface area contributed by atoms with Crippen molar-refractivity contribution in [2.24, 2.45) is 0 Å². The van der Waals surface area contributed by atoms with E-state index < -0.39 is 0 Å². The Morgan fingerprint density at radius 3 is 1.30 bits per heavy atom. The number of halogens is 2. The normalized spacial score (nSPS) is 13.4. The number of Topliss-reactive ketones (excluding diaryl/α,β-unsaturated/α-hetero) is 2. The number of rotatable bonds is 4. The lowest BCUT2D eigenvalue weighted by Gasteiger charge is -2.12. The van der Waals surface area contributed by atoms with E-state index in [-0.39, 0.29) is 37.1 Å². The summed E-state index contributed by atoms with van der Waals surface area (Å²) in [7, 11) is 0. The van der Waals surface area contributed by atoms with Gasteiger partial charge >= 0.3 is 0 Å². The first-order chi connectivity index (χ1) is 14.5. The number of carbonyl (C=O) groups excluding carboxylic acids is 2. The van der Waals surface area contributed by atoms with Crippen LogP contribution in [0.4, 0.5) is 0 Å². The van der Waals surface area contributed by atoms with E-state index in [1.54, 1.807) is 12.1 Å². The summed E-state index contributed by atoms with van der Waals surface area (Å²) in [6.45, 7) is 0. The van der Waals surface area contributed by atoms with Crippen LogP contribution >= 0.6 is 31.9 Å². The molecule has 0 fully saturated rings. The second kappa shape index (κ2) is 8.62. The lowest BCUT2D eigenvalue weighted by atomic mass is 9.95. The van der Waals surface area contributed by atoms with Crippen LogP contribution in [-0.2, 0) is 12.8 Å². The van der Waals surface area contributed by atoms with E-state index in [1.807, 2.05) is 60.7 Å². The highest BCUT2D eigenvalue weighted by atomic mass is 79.9. The molecule has 0 N–H and O–H groups in total. The summed E-state index contributed by atoms with van der Waals surface area (Å²) >= 11 is 6.42. The van der Waals surface area contributed by atoms with Gasteiger partial charge in [-0.05, 0) is 55.1 Å². The van der Waals surface area contributed by atoms with Crippen molar-refractivity contribution >= 4 is 43.4 Å². The Morgan fingerprint density at radius 2 is 0.933 bits per heavy atom. The molecule has 5 heteroatoms. The number of hydrogen-bond donors (Lipinski definition) is 0. The summed E-state index contributed by atoms with van der Waals surface area (Å²) in [5.74, 6) is -0.626. The molecule has 4 rings (SSSR count). The van der Waals surface area contributed by atoms with Crippen LogP contribution in [0.25, 0.3) is 0 Å². The second-order valence-electron chi connectivity index (χ2n) is 7.11. The van der Waals surface area contributed by atoms with Gasteiger partial charge in [-0.15, -0.1) is 0 Å². The van der Waals surface area contributed by atoms with Gasteiger partial charge in [0.2, 0.25) is 11.6 Å². The highest BCUT2D eigenvalue weighted by Gasteiger charge is 2.30. The predicted molar refractivity (Wildman–Crippen MR) is 125 cm³/mol. The Kier molecular flexibility index (Phi) is 5.93. The maximum absolute atomic E-state index is 13.5. The zero-order valence-corrected chi connectivity index (χ0v) is 19.0. The zero-order valence-electron chi connectivity index (χ0n) is 15.8. The van der Waals surface area contributed by atoms with E-state index in [2.05, 4.69) is 31.9 Å². The third kappa shape index (κ3) is 4.00. The molecule has 0 amide bonds. The Balaban J connectivity index is 1.94. The summed E-state index contributed by atoms with van der Waals surface area (Å²) in [5.41, 5.74) is 3.26. The van der Waals surface area contributed by atoms with Gasteiger partial charge in [0.25, 0.3) is 0 Å². The third-order valence-electron chi connectivity index (χ3n) is 5.07. The number of hydrogen-bond acceptors (Lipinski definition) is 3. The van der Waals surface area contributed by atoms with Gasteiger partial charge in [0.05, 0.1) is 8.96 Å². The molecule has 3 aromatic rings. The van der Waals surface area contributed by atoms with Gasteiger partial charge < -0.3 is 0 Å². The number of allylic oxidation sites excluding steroid dienone is 2. The molecule has 3 nitrogen and oxygen atoms in total. The van der Waals surface area contributed by atoms with Crippen LogP contribution in [0, 0.1) is 0 Å². The summed E-state index contributed by atoms with van der Waals surface area (Å²) in [5, 5.41) is 0. The zero-order chi connectivity index (χ0) is 21.3. The highest BCUT2D eigenvalue weighted by Crippen LogP contribution is 2.33. The average molecular weight is 524 g/mol. The smallest absolute Gasteiger partial charge is 0.202 e. The van der Waals surface area contributed by atoms with Crippen molar-refractivity contribution in [1.29, 1.82) is 0 Å². The molecular formula is C25H16Br2O3. The molecule has 0 unspecified atom stereocenters. The highest BCUT2D eigenvalue weighted by molar-refractivity contribution is 9.14. The third-order valence-corrected chi connectivity index (χ3v) is 7.11. The first-order valence-corrected chi connectivity index (χ1v) is 11.0. The number of fused-ring (bicyclic) bond motifs is 1. The molecule has 0 bridgehead atoms. The van der Waals surface area contributed by atoms with Crippen LogP contribution < -0.4 is 5.43 Å². The summed E-state index contributed by atoms with van der Waals surface area (Å²) in [4.78, 5) is 39.3.